The van der Waals surface area contributed by atoms with Gasteiger partial charge in [0.2, 0.25) is 0 Å². The van der Waals surface area contributed by atoms with Gasteiger partial charge in [-0.2, -0.15) is 0 Å². The molecule has 8 heteroatoms. The van der Waals surface area contributed by atoms with Gasteiger partial charge in [0.15, 0.2) is 0 Å². The van der Waals surface area contributed by atoms with E-state index in [2.05, 4.69) is 26.3 Å². The number of hydrogen-bond donors (Lipinski definition) is 8. The van der Waals surface area contributed by atoms with Crippen molar-refractivity contribution in [1.82, 2.24) is 0 Å². The second-order valence-corrected chi connectivity index (χ2v) is 15.2. The number of allylic oxidation sites excluding steroid dienone is 20. The van der Waals surface area contributed by atoms with Crippen LogP contribution in [0.4, 0.5) is 0 Å². The molecule has 0 amide bonds. The van der Waals surface area contributed by atoms with Crippen molar-refractivity contribution in [3.63, 3.8) is 0 Å². The van der Waals surface area contributed by atoms with Crippen molar-refractivity contribution in [2.75, 3.05) is 0 Å². The predicted octanol–water partition coefficient (Wildman–Crippen LogP) is 12.9. The number of hydrogen-bond acceptors (Lipinski definition) is 8. The van der Waals surface area contributed by atoms with Crippen LogP contribution in [0.1, 0.15) is 95.9 Å². The third-order valence-electron chi connectivity index (χ3n) is 11.4. The Morgan fingerprint density at radius 1 is 0.344 bits per heavy atom. The first-order valence-corrected chi connectivity index (χ1v) is 20.8. The minimum Gasteiger partial charge on any atom is -0.507 e. The normalized spacial score (nSPS) is 18.6. The van der Waals surface area contributed by atoms with Crippen LogP contribution in [0.2, 0.25) is 0 Å². The van der Waals surface area contributed by atoms with Gasteiger partial charge < -0.3 is 40.9 Å². The maximum absolute atomic E-state index is 12.0. The Labute approximate surface area is 375 Å². The zero-order chi connectivity index (χ0) is 46.8. The van der Waals surface area contributed by atoms with Gasteiger partial charge in [0.1, 0.15) is 46.0 Å². The topological polar surface area (TPSA) is 162 Å². The van der Waals surface area contributed by atoms with Gasteiger partial charge in [0.25, 0.3) is 0 Å². The molecule has 0 radical (unpaired) electrons. The Hall–Kier alpha value is -7.84. The summed E-state index contributed by atoms with van der Waals surface area (Å²) in [5.74, 6) is -6.58. The van der Waals surface area contributed by atoms with E-state index in [9.17, 15) is 40.9 Å². The van der Waals surface area contributed by atoms with Crippen molar-refractivity contribution in [3.8, 4) is 46.0 Å². The highest BCUT2D eigenvalue weighted by Gasteiger charge is 2.35. The summed E-state index contributed by atoms with van der Waals surface area (Å²) in [5.41, 5.74) is 4.15. The lowest BCUT2D eigenvalue weighted by molar-refractivity contribution is 0.431. The van der Waals surface area contributed by atoms with Crippen LogP contribution >= 0.6 is 0 Å². The maximum atomic E-state index is 12.0. The largest absolute Gasteiger partial charge is 0.507 e. The standard InChI is InChI=1S/C56H56O8/c1-9-17-23-34(16-8)54-39-27-42(50(62)31-47(39)59)55(35(20-12-4)21-13-5)41-25-37(45(57)29-49(41)61)53(33(15-7)19-11-3)38-26-43(51(63)30-46(38)58)56(36(22-14-6)24-18-10-2)44-28-40(54)48(60)32-52(44)64/h9-32,53-64H,1-2,4,6H2,3,5,7-8H3/b19-11-,21-13-,23-17-,24-18-,33-15+,34-16+,35-20+,36-22+. The molecule has 8 nitrogen and oxygen atoms in total. The summed E-state index contributed by atoms with van der Waals surface area (Å²) in [6, 6.07) is 11.3. The van der Waals surface area contributed by atoms with E-state index in [4.69, 9.17) is 0 Å². The van der Waals surface area contributed by atoms with Gasteiger partial charge in [-0.05, 0) is 74.3 Å². The lowest BCUT2D eigenvalue weighted by Gasteiger charge is -2.30. The molecule has 64 heavy (non-hydrogen) atoms. The average molecular weight is 857 g/mol. The van der Waals surface area contributed by atoms with Crippen molar-refractivity contribution in [2.24, 2.45) is 0 Å². The summed E-state index contributed by atoms with van der Waals surface area (Å²) in [4.78, 5) is 0. The fourth-order valence-electron chi connectivity index (χ4n) is 8.63. The Balaban J connectivity index is 2.20. The second-order valence-electron chi connectivity index (χ2n) is 15.2. The third-order valence-corrected chi connectivity index (χ3v) is 11.4. The molecule has 5 rings (SSSR count). The van der Waals surface area contributed by atoms with Gasteiger partial charge in [-0.3, -0.25) is 0 Å². The minimum atomic E-state index is -1.03. The zero-order valence-electron chi connectivity index (χ0n) is 36.6. The number of phenols is 8. The first kappa shape index (κ1) is 47.2. The summed E-state index contributed by atoms with van der Waals surface area (Å²) in [6.45, 7) is 22.8. The molecule has 1 aliphatic carbocycles. The van der Waals surface area contributed by atoms with E-state index in [1.165, 1.54) is 24.3 Å². The van der Waals surface area contributed by atoms with E-state index in [-0.39, 0.29) is 90.5 Å². The van der Waals surface area contributed by atoms with Crippen LogP contribution < -0.4 is 0 Å². The molecule has 0 spiro atoms. The number of phenolic OH excluding ortho intramolecular Hbond substituents is 8. The Morgan fingerprint density at radius 2 is 0.578 bits per heavy atom. The van der Waals surface area contributed by atoms with Crippen LogP contribution in [0.25, 0.3) is 0 Å². The predicted molar refractivity (Wildman–Crippen MR) is 259 cm³/mol. The van der Waals surface area contributed by atoms with Crippen LogP contribution in [0.3, 0.4) is 0 Å². The number of benzene rings is 4. The molecular formula is C56H56O8. The highest BCUT2D eigenvalue weighted by Crippen LogP contribution is 2.54. The van der Waals surface area contributed by atoms with Crippen molar-refractivity contribution in [3.05, 3.63) is 239 Å². The molecule has 4 atom stereocenters. The lowest BCUT2D eigenvalue weighted by Crippen LogP contribution is -2.13. The molecule has 4 aromatic rings. The van der Waals surface area contributed by atoms with E-state index in [1.54, 1.807) is 110 Å². The van der Waals surface area contributed by atoms with E-state index in [0.717, 1.165) is 0 Å². The molecule has 8 bridgehead atoms. The molecule has 4 unspecified atom stereocenters. The zero-order valence-corrected chi connectivity index (χ0v) is 36.6. The molecule has 0 aliphatic heterocycles. The lowest BCUT2D eigenvalue weighted by atomic mass is 9.74. The van der Waals surface area contributed by atoms with Gasteiger partial charge in [-0.15, -0.1) is 0 Å². The van der Waals surface area contributed by atoms with Gasteiger partial charge in [0.05, 0.1) is 0 Å². The fourth-order valence-corrected chi connectivity index (χ4v) is 8.63. The molecule has 0 fully saturated rings. The van der Waals surface area contributed by atoms with Crippen LogP contribution in [0, 0.1) is 0 Å². The molecule has 8 N–H and O–H groups in total. The van der Waals surface area contributed by atoms with E-state index in [1.807, 2.05) is 39.0 Å². The highest BCUT2D eigenvalue weighted by atomic mass is 16.3. The minimum absolute atomic E-state index is 0.216. The van der Waals surface area contributed by atoms with Crippen LogP contribution in [-0.2, 0) is 0 Å². The monoisotopic (exact) mass is 856 g/mol. The first-order valence-electron chi connectivity index (χ1n) is 20.8. The molecule has 0 saturated heterocycles. The number of rotatable bonds is 12. The molecule has 328 valence electrons. The van der Waals surface area contributed by atoms with Crippen LogP contribution in [0.15, 0.2) is 194 Å². The van der Waals surface area contributed by atoms with Crippen LogP contribution in [-0.4, -0.2) is 40.9 Å². The Kier molecular flexibility index (Phi) is 15.4. The fraction of sp³-hybridized carbons (Fsp3) is 0.143. The van der Waals surface area contributed by atoms with Gasteiger partial charge >= 0.3 is 0 Å². The quantitative estimate of drug-likeness (QED) is 0.0653. The maximum Gasteiger partial charge on any atom is 0.123 e. The SMILES string of the molecule is C=C/C=C\C(=C/C)C1c2cc(c(O)cc2O)C(C(/C=C\C)=C/C=C)c2cc(c(O)cc2O)C(C(/C=C\C)=C/C)c2cc(c(O)cc2O)C(C(/C=C\C=C)=C/C=C)c2cc1c(O)cc2O. The number of fused-ring (bicyclic) bond motifs is 8. The smallest absolute Gasteiger partial charge is 0.123 e. The molecule has 0 saturated carbocycles. The van der Waals surface area contributed by atoms with Crippen LogP contribution in [0.5, 0.6) is 46.0 Å². The van der Waals surface area contributed by atoms with E-state index < -0.39 is 23.7 Å². The Bertz CT molecular complexity index is 2730. The second kappa shape index (κ2) is 20.8. The summed E-state index contributed by atoms with van der Waals surface area (Å²) in [7, 11) is 0. The molecule has 0 heterocycles. The van der Waals surface area contributed by atoms with Gasteiger partial charge in [-0.1, -0.05) is 124 Å². The summed E-state index contributed by atoms with van der Waals surface area (Å²) in [6.07, 6.45) is 27.4. The molecule has 1 aliphatic rings. The van der Waals surface area contributed by atoms with E-state index in [0.29, 0.717) is 22.3 Å². The van der Waals surface area contributed by atoms with Crippen molar-refractivity contribution in [2.45, 2.75) is 51.4 Å². The summed E-state index contributed by atoms with van der Waals surface area (Å²) >= 11 is 0. The van der Waals surface area contributed by atoms with Crippen molar-refractivity contribution >= 4 is 0 Å². The van der Waals surface area contributed by atoms with Gasteiger partial charge in [-0.25, -0.2) is 0 Å². The summed E-state index contributed by atoms with van der Waals surface area (Å²) < 4.78 is 0. The van der Waals surface area contributed by atoms with Crippen molar-refractivity contribution < 1.29 is 40.9 Å². The van der Waals surface area contributed by atoms with E-state index >= 15 is 0 Å². The molecular weight excluding hydrogens is 801 g/mol. The summed E-state index contributed by atoms with van der Waals surface area (Å²) in [5, 5.41) is 95.6. The first-order chi connectivity index (χ1) is 30.7. The average Bonchev–Trinajstić information content (AvgIpc) is 3.25. The van der Waals surface area contributed by atoms with Gasteiger partial charge in [0, 0.05) is 92.4 Å². The molecule has 4 aromatic carbocycles. The molecule has 0 aromatic heterocycles. The highest BCUT2D eigenvalue weighted by molar-refractivity contribution is 5.68. The Morgan fingerprint density at radius 3 is 0.828 bits per heavy atom. The van der Waals surface area contributed by atoms with Crippen molar-refractivity contribution in [1.29, 1.82) is 0 Å². The number of aromatic hydroxyl groups is 8. The third kappa shape index (κ3) is 9.32.